The third-order valence-electron chi connectivity index (χ3n) is 4.31. The van der Waals surface area contributed by atoms with E-state index in [0.717, 1.165) is 0 Å². The van der Waals surface area contributed by atoms with E-state index in [2.05, 4.69) is 10.6 Å². The Morgan fingerprint density at radius 1 is 0.935 bits per heavy atom. The minimum Gasteiger partial charge on any atom is -0.491 e. The van der Waals surface area contributed by atoms with Crippen molar-refractivity contribution in [3.05, 3.63) is 71.4 Å². The Labute approximate surface area is 182 Å². The number of rotatable bonds is 9. The topological polar surface area (TPSA) is 105 Å². The van der Waals surface area contributed by atoms with E-state index in [1.807, 2.05) is 13.8 Å². The second kappa shape index (κ2) is 11.0. The number of benzene rings is 2. The van der Waals surface area contributed by atoms with Crippen molar-refractivity contribution < 1.29 is 24.2 Å². The summed E-state index contributed by atoms with van der Waals surface area (Å²) in [7, 11) is 0. The summed E-state index contributed by atoms with van der Waals surface area (Å²) in [5, 5.41) is 14.5. The lowest BCUT2D eigenvalue weighted by Crippen LogP contribution is -2.47. The number of carboxylic acids is 1. The Morgan fingerprint density at radius 2 is 1.55 bits per heavy atom. The smallest absolute Gasteiger partial charge is 0.326 e. The maximum Gasteiger partial charge on any atom is 0.326 e. The van der Waals surface area contributed by atoms with Gasteiger partial charge in [-0.1, -0.05) is 44.2 Å². The van der Waals surface area contributed by atoms with Gasteiger partial charge in [0.25, 0.3) is 11.8 Å². The summed E-state index contributed by atoms with van der Waals surface area (Å²) in [5.74, 6) is -1.96. The molecule has 0 unspecified atom stereocenters. The van der Waals surface area contributed by atoms with Crippen molar-refractivity contribution in [2.24, 2.45) is 5.92 Å². The van der Waals surface area contributed by atoms with E-state index in [1.54, 1.807) is 68.4 Å². The van der Waals surface area contributed by atoms with Gasteiger partial charge < -0.3 is 20.5 Å². The SMILES string of the molecule is CC(C)Oc1ccc(/C=C(/NC(=O)c2ccccc2)C(=O)N[C@@H](C(=O)O)C(C)C)cc1. The molecule has 0 aliphatic heterocycles. The summed E-state index contributed by atoms with van der Waals surface area (Å²) in [6.07, 6.45) is 1.52. The normalized spacial score (nSPS) is 12.4. The molecule has 0 spiro atoms. The fourth-order valence-corrected chi connectivity index (χ4v) is 2.76. The van der Waals surface area contributed by atoms with Crippen molar-refractivity contribution in [3.8, 4) is 5.75 Å². The molecule has 0 aliphatic rings. The fourth-order valence-electron chi connectivity index (χ4n) is 2.76. The summed E-state index contributed by atoms with van der Waals surface area (Å²) < 4.78 is 5.61. The Morgan fingerprint density at radius 3 is 2.06 bits per heavy atom. The molecule has 0 bridgehead atoms. The molecule has 0 radical (unpaired) electrons. The third-order valence-corrected chi connectivity index (χ3v) is 4.31. The van der Waals surface area contributed by atoms with Gasteiger partial charge >= 0.3 is 5.97 Å². The molecule has 0 saturated heterocycles. The van der Waals surface area contributed by atoms with Crippen molar-refractivity contribution in [2.75, 3.05) is 0 Å². The highest BCUT2D eigenvalue weighted by Gasteiger charge is 2.25. The average molecular weight is 424 g/mol. The van der Waals surface area contributed by atoms with Gasteiger partial charge in [0, 0.05) is 5.56 Å². The van der Waals surface area contributed by atoms with Crippen LogP contribution in [-0.4, -0.2) is 35.0 Å². The lowest BCUT2D eigenvalue weighted by atomic mass is 10.0. The molecule has 3 N–H and O–H groups in total. The molecule has 2 amide bonds. The van der Waals surface area contributed by atoms with E-state index >= 15 is 0 Å². The average Bonchev–Trinajstić information content (AvgIpc) is 2.72. The first kappa shape index (κ1) is 23.7. The van der Waals surface area contributed by atoms with Crippen LogP contribution in [0.4, 0.5) is 0 Å². The van der Waals surface area contributed by atoms with Gasteiger partial charge in [0.1, 0.15) is 17.5 Å². The molecule has 0 aliphatic carbocycles. The number of aliphatic carboxylic acids is 1. The molecular formula is C24H28N2O5. The number of hydrogen-bond acceptors (Lipinski definition) is 4. The number of carboxylic acid groups (broad SMARTS) is 1. The van der Waals surface area contributed by atoms with Crippen LogP contribution in [0.5, 0.6) is 5.75 Å². The molecule has 164 valence electrons. The summed E-state index contributed by atoms with van der Waals surface area (Å²) >= 11 is 0. The standard InChI is InChI=1S/C24H28N2O5/c1-15(2)21(24(29)30)26-23(28)20(25-22(27)18-8-6-5-7-9-18)14-17-10-12-19(13-11-17)31-16(3)4/h5-16,21H,1-4H3,(H,25,27)(H,26,28)(H,29,30)/b20-14+/t21-/m1/s1. The maximum absolute atomic E-state index is 12.9. The van der Waals surface area contributed by atoms with Crippen LogP contribution in [0.2, 0.25) is 0 Å². The quantitative estimate of drug-likeness (QED) is 0.535. The number of ether oxygens (including phenoxy) is 1. The molecule has 31 heavy (non-hydrogen) atoms. The number of nitrogens with one attached hydrogen (secondary N) is 2. The van der Waals surface area contributed by atoms with Crippen LogP contribution in [0.3, 0.4) is 0 Å². The summed E-state index contributed by atoms with van der Waals surface area (Å²) in [4.78, 5) is 37.0. The van der Waals surface area contributed by atoms with Crippen LogP contribution in [0.25, 0.3) is 6.08 Å². The molecule has 0 saturated carbocycles. The first-order chi connectivity index (χ1) is 14.7. The van der Waals surface area contributed by atoms with Gasteiger partial charge in [-0.15, -0.1) is 0 Å². The van der Waals surface area contributed by atoms with Crippen molar-refractivity contribution in [1.29, 1.82) is 0 Å². The van der Waals surface area contributed by atoms with E-state index in [9.17, 15) is 19.5 Å². The number of carbonyl (C=O) groups is 3. The maximum atomic E-state index is 12.9. The second-order valence-electron chi connectivity index (χ2n) is 7.65. The van der Waals surface area contributed by atoms with E-state index in [1.165, 1.54) is 6.08 Å². The summed E-state index contributed by atoms with van der Waals surface area (Å²) in [5.41, 5.74) is 0.963. The predicted molar refractivity (Wildman–Crippen MR) is 118 cm³/mol. The molecule has 0 heterocycles. The van der Waals surface area contributed by atoms with E-state index in [4.69, 9.17) is 4.74 Å². The van der Waals surface area contributed by atoms with Gasteiger partial charge in [-0.2, -0.15) is 0 Å². The fraction of sp³-hybridized carbons (Fsp3) is 0.292. The van der Waals surface area contributed by atoms with Crippen LogP contribution in [0.15, 0.2) is 60.3 Å². The van der Waals surface area contributed by atoms with Gasteiger partial charge in [0.15, 0.2) is 0 Å². The van der Waals surface area contributed by atoms with Crippen LogP contribution >= 0.6 is 0 Å². The zero-order valence-electron chi connectivity index (χ0n) is 18.1. The van der Waals surface area contributed by atoms with Gasteiger partial charge in [0.2, 0.25) is 0 Å². The largest absolute Gasteiger partial charge is 0.491 e. The van der Waals surface area contributed by atoms with Crippen LogP contribution < -0.4 is 15.4 Å². The number of carbonyl (C=O) groups excluding carboxylic acids is 2. The highest BCUT2D eigenvalue weighted by atomic mass is 16.5. The Kier molecular flexibility index (Phi) is 8.37. The Bertz CT molecular complexity index is 934. The molecule has 2 aromatic rings. The van der Waals surface area contributed by atoms with Gasteiger partial charge in [-0.25, -0.2) is 4.79 Å². The first-order valence-electron chi connectivity index (χ1n) is 10.1. The molecule has 2 aromatic carbocycles. The van der Waals surface area contributed by atoms with Crippen molar-refractivity contribution in [3.63, 3.8) is 0 Å². The zero-order valence-corrected chi connectivity index (χ0v) is 18.1. The van der Waals surface area contributed by atoms with Gasteiger partial charge in [-0.3, -0.25) is 9.59 Å². The van der Waals surface area contributed by atoms with Gasteiger partial charge in [-0.05, 0) is 55.7 Å². The predicted octanol–water partition coefficient (Wildman–Crippen LogP) is 3.47. The van der Waals surface area contributed by atoms with E-state index in [0.29, 0.717) is 16.9 Å². The minimum absolute atomic E-state index is 0.0249. The molecule has 1 atom stereocenters. The molecule has 7 heteroatoms. The van der Waals surface area contributed by atoms with Gasteiger partial charge in [0.05, 0.1) is 6.10 Å². The second-order valence-corrected chi connectivity index (χ2v) is 7.65. The monoisotopic (exact) mass is 424 g/mol. The molecule has 7 nitrogen and oxygen atoms in total. The minimum atomic E-state index is -1.15. The van der Waals surface area contributed by atoms with Crippen LogP contribution in [-0.2, 0) is 9.59 Å². The number of amides is 2. The first-order valence-corrected chi connectivity index (χ1v) is 10.1. The van der Waals surface area contributed by atoms with E-state index < -0.39 is 23.8 Å². The summed E-state index contributed by atoms with van der Waals surface area (Å²) in [6, 6.07) is 14.4. The number of hydrogen-bond donors (Lipinski definition) is 3. The Hall–Kier alpha value is -3.61. The van der Waals surface area contributed by atoms with E-state index in [-0.39, 0.29) is 17.7 Å². The molecule has 0 aromatic heterocycles. The Balaban J connectivity index is 2.32. The highest BCUT2D eigenvalue weighted by molar-refractivity contribution is 6.06. The molecule has 0 fully saturated rings. The van der Waals surface area contributed by atoms with Crippen LogP contribution in [0, 0.1) is 5.92 Å². The highest BCUT2D eigenvalue weighted by Crippen LogP contribution is 2.16. The van der Waals surface area contributed by atoms with Crippen molar-refractivity contribution in [1.82, 2.24) is 10.6 Å². The third kappa shape index (κ3) is 7.29. The lowest BCUT2D eigenvalue weighted by molar-refractivity contribution is -0.142. The van der Waals surface area contributed by atoms with Crippen LogP contribution in [0.1, 0.15) is 43.6 Å². The van der Waals surface area contributed by atoms with Crippen molar-refractivity contribution in [2.45, 2.75) is 39.8 Å². The van der Waals surface area contributed by atoms with Crippen molar-refractivity contribution >= 4 is 23.9 Å². The summed E-state index contributed by atoms with van der Waals surface area (Å²) in [6.45, 7) is 7.23. The lowest BCUT2D eigenvalue weighted by Gasteiger charge is -2.19. The zero-order chi connectivity index (χ0) is 23.0. The molecular weight excluding hydrogens is 396 g/mol. The molecule has 2 rings (SSSR count).